The highest BCUT2D eigenvalue weighted by molar-refractivity contribution is 5.73. The zero-order chi connectivity index (χ0) is 16.7. The molecule has 0 radical (unpaired) electrons. The van der Waals surface area contributed by atoms with Crippen LogP contribution in [-0.4, -0.2) is 23.2 Å². The van der Waals surface area contributed by atoms with E-state index in [1.165, 1.54) is 12.2 Å². The fraction of sp³-hybridized carbons (Fsp3) is 0.118. The molecule has 0 unspecified atom stereocenters. The van der Waals surface area contributed by atoms with Gasteiger partial charge in [0.2, 0.25) is 12.2 Å². The quantitative estimate of drug-likeness (QED) is 0.655. The topological polar surface area (TPSA) is 96.2 Å². The first-order chi connectivity index (χ1) is 11.1. The average molecular weight is 308 g/mol. The minimum Gasteiger partial charge on any atom is -0.481 e. The van der Waals surface area contributed by atoms with Crippen molar-refractivity contribution in [2.45, 2.75) is 12.8 Å². The lowest BCUT2D eigenvalue weighted by molar-refractivity contribution is -0.136. The van der Waals surface area contributed by atoms with Crippen molar-refractivity contribution in [2.75, 3.05) is 0 Å². The van der Waals surface area contributed by atoms with Crippen LogP contribution < -0.4 is 0 Å². The van der Waals surface area contributed by atoms with E-state index in [0.717, 1.165) is 11.1 Å². The number of carboxylic acids is 1. The summed E-state index contributed by atoms with van der Waals surface area (Å²) in [7, 11) is 0. The lowest BCUT2D eigenvalue weighted by Gasteiger charge is -2.07. The molecular formula is C17H12N2O4. The van der Waals surface area contributed by atoms with E-state index in [0.29, 0.717) is 23.4 Å². The number of carbonyl (C=O) groups excluding carboxylic acids is 2. The number of rotatable bonds is 6. The van der Waals surface area contributed by atoms with Gasteiger partial charge in [0.05, 0.1) is 17.8 Å². The number of benzene rings is 2. The molecule has 0 saturated heterocycles. The molecule has 0 aliphatic carbocycles. The van der Waals surface area contributed by atoms with Crippen LogP contribution in [-0.2, 0) is 27.2 Å². The molecule has 0 saturated carbocycles. The van der Waals surface area contributed by atoms with Gasteiger partial charge >= 0.3 is 5.97 Å². The molecule has 2 rings (SSSR count). The number of hydrogen-bond donors (Lipinski definition) is 1. The molecule has 1 N–H and O–H groups in total. The maximum atomic E-state index is 10.9. The Labute approximate surface area is 131 Å². The zero-order valence-corrected chi connectivity index (χ0v) is 12.0. The third-order valence-electron chi connectivity index (χ3n) is 3.17. The SMILES string of the molecule is O=C=Nc1ccc(Cc2ccc(N=C=O)c(CC(=O)O)c2)cc1. The smallest absolute Gasteiger partial charge is 0.307 e. The van der Waals surface area contributed by atoms with Gasteiger partial charge in [-0.25, -0.2) is 9.59 Å². The van der Waals surface area contributed by atoms with Crippen molar-refractivity contribution in [2.24, 2.45) is 9.98 Å². The molecule has 0 aliphatic rings. The van der Waals surface area contributed by atoms with E-state index in [-0.39, 0.29) is 6.42 Å². The Bertz CT molecular complexity index is 815. The lowest BCUT2D eigenvalue weighted by Crippen LogP contribution is -2.01. The fourth-order valence-corrected chi connectivity index (χ4v) is 2.19. The molecule has 0 aromatic heterocycles. The second-order valence-electron chi connectivity index (χ2n) is 4.78. The molecule has 114 valence electrons. The summed E-state index contributed by atoms with van der Waals surface area (Å²) in [6.45, 7) is 0. The molecule has 2 aromatic carbocycles. The highest BCUT2D eigenvalue weighted by atomic mass is 16.4. The molecule has 0 heterocycles. The van der Waals surface area contributed by atoms with Crippen molar-refractivity contribution < 1.29 is 19.5 Å². The van der Waals surface area contributed by atoms with Crippen molar-refractivity contribution in [1.82, 2.24) is 0 Å². The first kappa shape index (κ1) is 16.0. The summed E-state index contributed by atoms with van der Waals surface area (Å²) in [5.74, 6) is -0.999. The second kappa shape index (κ2) is 7.61. The summed E-state index contributed by atoms with van der Waals surface area (Å²) < 4.78 is 0. The Morgan fingerprint density at radius 2 is 1.61 bits per heavy atom. The van der Waals surface area contributed by atoms with Gasteiger partial charge in [-0.2, -0.15) is 9.98 Å². The van der Waals surface area contributed by atoms with Crippen molar-refractivity contribution in [3.05, 3.63) is 59.2 Å². The van der Waals surface area contributed by atoms with Crippen molar-refractivity contribution in [3.63, 3.8) is 0 Å². The summed E-state index contributed by atoms with van der Waals surface area (Å²) in [5, 5.41) is 8.94. The summed E-state index contributed by atoms with van der Waals surface area (Å²) >= 11 is 0. The van der Waals surface area contributed by atoms with Crippen LogP contribution in [0.5, 0.6) is 0 Å². The molecule has 6 heteroatoms. The van der Waals surface area contributed by atoms with Crippen LogP contribution in [0.2, 0.25) is 0 Å². The Hall–Kier alpha value is -3.33. The van der Waals surface area contributed by atoms with E-state index >= 15 is 0 Å². The molecule has 6 nitrogen and oxygen atoms in total. The largest absolute Gasteiger partial charge is 0.481 e. The molecule has 0 aliphatic heterocycles. The highest BCUT2D eigenvalue weighted by Crippen LogP contribution is 2.23. The van der Waals surface area contributed by atoms with Crippen LogP contribution in [0.15, 0.2) is 52.4 Å². The van der Waals surface area contributed by atoms with Crippen LogP contribution in [0.1, 0.15) is 16.7 Å². The van der Waals surface area contributed by atoms with E-state index in [1.54, 1.807) is 30.3 Å². The van der Waals surface area contributed by atoms with Crippen LogP contribution in [0, 0.1) is 0 Å². The maximum Gasteiger partial charge on any atom is 0.307 e. The van der Waals surface area contributed by atoms with Crippen LogP contribution >= 0.6 is 0 Å². The second-order valence-corrected chi connectivity index (χ2v) is 4.78. The number of aliphatic imine (C=N–C) groups is 2. The fourth-order valence-electron chi connectivity index (χ4n) is 2.19. The number of carboxylic acid groups (broad SMARTS) is 1. The number of carbonyl (C=O) groups is 1. The lowest BCUT2D eigenvalue weighted by atomic mass is 10.00. The van der Waals surface area contributed by atoms with Crippen LogP contribution in [0.25, 0.3) is 0 Å². The van der Waals surface area contributed by atoms with Crippen molar-refractivity contribution in [1.29, 1.82) is 0 Å². The van der Waals surface area contributed by atoms with Crippen LogP contribution in [0.3, 0.4) is 0 Å². The number of nitrogens with zero attached hydrogens (tertiary/aromatic N) is 2. The normalized spacial score (nSPS) is 9.57. The maximum absolute atomic E-state index is 10.9. The van der Waals surface area contributed by atoms with Gasteiger partial charge in [0.1, 0.15) is 0 Å². The monoisotopic (exact) mass is 308 g/mol. The molecule has 0 bridgehead atoms. The first-order valence-corrected chi connectivity index (χ1v) is 6.70. The summed E-state index contributed by atoms with van der Waals surface area (Å²) in [6, 6.07) is 12.1. The van der Waals surface area contributed by atoms with Gasteiger partial charge in [-0.15, -0.1) is 0 Å². The molecule has 0 spiro atoms. The minimum atomic E-state index is -0.999. The number of hydrogen-bond acceptors (Lipinski definition) is 5. The van der Waals surface area contributed by atoms with Gasteiger partial charge in [-0.3, -0.25) is 4.79 Å². The predicted octanol–water partition coefficient (Wildman–Crippen LogP) is 2.84. The standard InChI is InChI=1S/C17H12N2O4/c20-10-18-15-4-1-12(2-5-15)7-13-3-6-16(19-11-21)14(8-13)9-17(22)23/h1-6,8H,7,9H2,(H,22,23). The van der Waals surface area contributed by atoms with Gasteiger partial charge in [-0.05, 0) is 41.3 Å². The van der Waals surface area contributed by atoms with Gasteiger partial charge in [0.25, 0.3) is 0 Å². The summed E-state index contributed by atoms with van der Waals surface area (Å²) in [4.78, 5) is 38.5. The Balaban J connectivity index is 2.27. The number of aliphatic carboxylic acids is 1. The third kappa shape index (κ3) is 4.58. The van der Waals surface area contributed by atoms with E-state index < -0.39 is 5.97 Å². The zero-order valence-electron chi connectivity index (χ0n) is 12.0. The molecule has 0 amide bonds. The van der Waals surface area contributed by atoms with Gasteiger partial charge in [-0.1, -0.05) is 24.3 Å². The van der Waals surface area contributed by atoms with E-state index in [9.17, 15) is 14.4 Å². The van der Waals surface area contributed by atoms with Crippen molar-refractivity contribution >= 4 is 29.5 Å². The van der Waals surface area contributed by atoms with E-state index in [2.05, 4.69) is 9.98 Å². The Kier molecular flexibility index (Phi) is 5.31. The first-order valence-electron chi connectivity index (χ1n) is 6.70. The van der Waals surface area contributed by atoms with E-state index in [1.807, 2.05) is 12.1 Å². The minimum absolute atomic E-state index is 0.221. The summed E-state index contributed by atoms with van der Waals surface area (Å²) in [6.07, 6.45) is 3.25. The van der Waals surface area contributed by atoms with Gasteiger partial charge in [0, 0.05) is 0 Å². The highest BCUT2D eigenvalue weighted by Gasteiger charge is 2.08. The van der Waals surface area contributed by atoms with E-state index in [4.69, 9.17) is 5.11 Å². The van der Waals surface area contributed by atoms with Gasteiger partial charge in [0.15, 0.2) is 0 Å². The van der Waals surface area contributed by atoms with Crippen molar-refractivity contribution in [3.8, 4) is 0 Å². The molecule has 23 heavy (non-hydrogen) atoms. The number of isocyanates is 2. The molecule has 0 atom stereocenters. The Morgan fingerprint density at radius 3 is 2.22 bits per heavy atom. The molecular weight excluding hydrogens is 296 g/mol. The predicted molar refractivity (Wildman–Crippen MR) is 82.6 cm³/mol. The average Bonchev–Trinajstić information content (AvgIpc) is 2.52. The molecule has 0 fully saturated rings. The third-order valence-corrected chi connectivity index (χ3v) is 3.17. The Morgan fingerprint density at radius 1 is 0.957 bits per heavy atom. The van der Waals surface area contributed by atoms with Gasteiger partial charge < -0.3 is 5.11 Å². The molecule has 2 aromatic rings. The summed E-state index contributed by atoms with van der Waals surface area (Å²) in [5.41, 5.74) is 3.15. The van der Waals surface area contributed by atoms with Crippen LogP contribution in [0.4, 0.5) is 11.4 Å².